The summed E-state index contributed by atoms with van der Waals surface area (Å²) in [5.74, 6) is -2.03. The average molecular weight is 445 g/mol. The van der Waals surface area contributed by atoms with E-state index in [0.29, 0.717) is 12.8 Å². The standard InChI is InChI=1S/C23H22F2N2O3S/c1-16(7-8-17-5-3-2-4-6-17)27-31(29,30)20-13-14-22(21(25)15-20)26-23(28)18-9-11-19(24)12-10-18/h2-6,9-16,27H,7-8H2,1H3,(H,26,28). The van der Waals surface area contributed by atoms with Gasteiger partial charge in [0.2, 0.25) is 10.0 Å². The van der Waals surface area contributed by atoms with Gasteiger partial charge >= 0.3 is 0 Å². The molecule has 162 valence electrons. The van der Waals surface area contributed by atoms with E-state index in [-0.39, 0.29) is 22.2 Å². The van der Waals surface area contributed by atoms with E-state index in [0.717, 1.165) is 23.8 Å². The Morgan fingerprint density at radius 3 is 2.29 bits per heavy atom. The van der Waals surface area contributed by atoms with Crippen LogP contribution in [0.15, 0.2) is 77.7 Å². The zero-order valence-corrected chi connectivity index (χ0v) is 17.6. The molecule has 0 aliphatic rings. The maximum Gasteiger partial charge on any atom is 0.255 e. The van der Waals surface area contributed by atoms with Crippen LogP contribution in [0.2, 0.25) is 0 Å². The lowest BCUT2D eigenvalue weighted by molar-refractivity contribution is 0.102. The highest BCUT2D eigenvalue weighted by Gasteiger charge is 2.20. The highest BCUT2D eigenvalue weighted by molar-refractivity contribution is 7.89. The Hall–Kier alpha value is -3.10. The Balaban J connectivity index is 1.64. The van der Waals surface area contributed by atoms with E-state index in [9.17, 15) is 22.0 Å². The first-order chi connectivity index (χ1) is 14.7. The number of rotatable bonds is 8. The molecule has 1 atom stereocenters. The summed E-state index contributed by atoms with van der Waals surface area (Å²) in [6.45, 7) is 1.74. The number of nitrogens with one attached hydrogen (secondary N) is 2. The zero-order chi connectivity index (χ0) is 22.4. The fourth-order valence-corrected chi connectivity index (χ4v) is 4.27. The molecule has 2 N–H and O–H groups in total. The van der Waals surface area contributed by atoms with Crippen molar-refractivity contribution in [3.05, 3.63) is 95.6 Å². The second-order valence-corrected chi connectivity index (χ2v) is 8.86. The van der Waals surface area contributed by atoms with Crippen molar-refractivity contribution in [2.75, 3.05) is 5.32 Å². The molecule has 0 aromatic heterocycles. The van der Waals surface area contributed by atoms with Gasteiger partial charge in [0.05, 0.1) is 10.6 Å². The number of sulfonamides is 1. The second kappa shape index (κ2) is 9.80. The van der Waals surface area contributed by atoms with Crippen LogP contribution in [0, 0.1) is 11.6 Å². The smallest absolute Gasteiger partial charge is 0.255 e. The molecule has 0 aliphatic heterocycles. The molecule has 1 amide bonds. The molecule has 0 fully saturated rings. The van der Waals surface area contributed by atoms with E-state index in [1.807, 2.05) is 30.3 Å². The van der Waals surface area contributed by atoms with Gasteiger partial charge in [0.25, 0.3) is 5.91 Å². The Morgan fingerprint density at radius 1 is 0.968 bits per heavy atom. The molecule has 5 nitrogen and oxygen atoms in total. The van der Waals surface area contributed by atoms with Gasteiger partial charge in [0, 0.05) is 11.6 Å². The summed E-state index contributed by atoms with van der Waals surface area (Å²) in [6, 6.07) is 17.4. The van der Waals surface area contributed by atoms with Gasteiger partial charge in [-0.25, -0.2) is 21.9 Å². The second-order valence-electron chi connectivity index (χ2n) is 7.15. The van der Waals surface area contributed by atoms with E-state index >= 15 is 0 Å². The third-order valence-electron chi connectivity index (χ3n) is 4.67. The van der Waals surface area contributed by atoms with Crippen LogP contribution in [0.1, 0.15) is 29.3 Å². The van der Waals surface area contributed by atoms with Crippen molar-refractivity contribution in [3.63, 3.8) is 0 Å². The van der Waals surface area contributed by atoms with Crippen LogP contribution < -0.4 is 10.0 Å². The largest absolute Gasteiger partial charge is 0.319 e. The number of carbonyl (C=O) groups excluding carboxylic acids is 1. The quantitative estimate of drug-likeness (QED) is 0.537. The van der Waals surface area contributed by atoms with Gasteiger partial charge < -0.3 is 5.32 Å². The maximum atomic E-state index is 14.5. The van der Waals surface area contributed by atoms with Gasteiger partial charge in [-0.1, -0.05) is 30.3 Å². The Labute approximate surface area is 180 Å². The van der Waals surface area contributed by atoms with Gasteiger partial charge in [-0.05, 0) is 67.8 Å². The summed E-state index contributed by atoms with van der Waals surface area (Å²) in [7, 11) is -3.93. The fourth-order valence-electron chi connectivity index (χ4n) is 2.98. The molecule has 1 unspecified atom stereocenters. The number of benzene rings is 3. The van der Waals surface area contributed by atoms with Gasteiger partial charge in [0.15, 0.2) is 0 Å². The van der Waals surface area contributed by atoms with Crippen LogP contribution in [0.3, 0.4) is 0 Å². The van der Waals surface area contributed by atoms with Crippen LogP contribution >= 0.6 is 0 Å². The van der Waals surface area contributed by atoms with Crippen molar-refractivity contribution in [1.29, 1.82) is 0 Å². The number of anilines is 1. The third kappa shape index (κ3) is 6.19. The molecule has 8 heteroatoms. The molecule has 0 radical (unpaired) electrons. The Bertz CT molecular complexity index is 1150. The predicted molar refractivity (Wildman–Crippen MR) is 115 cm³/mol. The normalized spacial score (nSPS) is 12.4. The van der Waals surface area contributed by atoms with Crippen LogP contribution in [0.5, 0.6) is 0 Å². The number of halogens is 2. The SMILES string of the molecule is CC(CCc1ccccc1)NS(=O)(=O)c1ccc(NC(=O)c2ccc(F)cc2)c(F)c1. The lowest BCUT2D eigenvalue weighted by atomic mass is 10.1. The molecule has 0 saturated heterocycles. The monoisotopic (exact) mass is 444 g/mol. The summed E-state index contributed by atoms with van der Waals surface area (Å²) in [4.78, 5) is 11.9. The van der Waals surface area contributed by atoms with E-state index in [2.05, 4.69) is 10.0 Å². The number of amides is 1. The number of hydrogen-bond acceptors (Lipinski definition) is 3. The molecular formula is C23H22F2N2O3S. The summed E-state index contributed by atoms with van der Waals surface area (Å²) in [6.07, 6.45) is 1.28. The topological polar surface area (TPSA) is 75.3 Å². The summed E-state index contributed by atoms with van der Waals surface area (Å²) < 4.78 is 55.2. The van der Waals surface area contributed by atoms with Crippen molar-refractivity contribution >= 4 is 21.6 Å². The zero-order valence-electron chi connectivity index (χ0n) is 16.8. The van der Waals surface area contributed by atoms with Gasteiger partial charge in [-0.2, -0.15) is 0 Å². The molecule has 0 heterocycles. The first kappa shape index (κ1) is 22.6. The molecule has 0 saturated carbocycles. The lowest BCUT2D eigenvalue weighted by Gasteiger charge is -2.15. The highest BCUT2D eigenvalue weighted by Crippen LogP contribution is 2.20. The number of carbonyl (C=O) groups is 1. The first-order valence-electron chi connectivity index (χ1n) is 9.67. The molecule has 0 bridgehead atoms. The van der Waals surface area contributed by atoms with E-state index in [4.69, 9.17) is 0 Å². The van der Waals surface area contributed by atoms with Crippen molar-refractivity contribution in [3.8, 4) is 0 Å². The van der Waals surface area contributed by atoms with Crippen LogP contribution in [-0.2, 0) is 16.4 Å². The first-order valence-corrected chi connectivity index (χ1v) is 11.2. The number of hydrogen-bond donors (Lipinski definition) is 2. The minimum atomic E-state index is -3.93. The number of aryl methyl sites for hydroxylation is 1. The van der Waals surface area contributed by atoms with E-state index < -0.39 is 27.6 Å². The van der Waals surface area contributed by atoms with Gasteiger partial charge in [-0.3, -0.25) is 4.79 Å². The molecular weight excluding hydrogens is 422 g/mol. The van der Waals surface area contributed by atoms with Gasteiger partial charge in [-0.15, -0.1) is 0 Å². The summed E-state index contributed by atoms with van der Waals surface area (Å²) in [5.41, 5.74) is 1.07. The molecule has 3 rings (SSSR count). The highest BCUT2D eigenvalue weighted by atomic mass is 32.2. The average Bonchev–Trinajstić information content (AvgIpc) is 2.74. The minimum Gasteiger partial charge on any atom is -0.319 e. The molecule has 3 aromatic rings. The molecule has 0 aliphatic carbocycles. The molecule has 3 aromatic carbocycles. The summed E-state index contributed by atoms with van der Waals surface area (Å²) >= 11 is 0. The minimum absolute atomic E-state index is 0.145. The third-order valence-corrected chi connectivity index (χ3v) is 6.26. The summed E-state index contributed by atoms with van der Waals surface area (Å²) in [5, 5.41) is 2.35. The van der Waals surface area contributed by atoms with Crippen LogP contribution in [-0.4, -0.2) is 20.4 Å². The maximum absolute atomic E-state index is 14.5. The molecule has 31 heavy (non-hydrogen) atoms. The van der Waals surface area contributed by atoms with E-state index in [1.54, 1.807) is 6.92 Å². The van der Waals surface area contributed by atoms with Gasteiger partial charge in [0.1, 0.15) is 11.6 Å². The molecule has 0 spiro atoms. The predicted octanol–water partition coefficient (Wildman–Crippen LogP) is 4.52. The van der Waals surface area contributed by atoms with Crippen LogP contribution in [0.25, 0.3) is 0 Å². The van der Waals surface area contributed by atoms with Crippen molar-refractivity contribution in [1.82, 2.24) is 4.72 Å². The Morgan fingerprint density at radius 2 is 1.65 bits per heavy atom. The van der Waals surface area contributed by atoms with E-state index in [1.165, 1.54) is 24.3 Å². The van der Waals surface area contributed by atoms with Crippen LogP contribution in [0.4, 0.5) is 14.5 Å². The van der Waals surface area contributed by atoms with Crippen molar-refractivity contribution in [2.45, 2.75) is 30.7 Å². The van der Waals surface area contributed by atoms with Crippen molar-refractivity contribution in [2.24, 2.45) is 0 Å². The fraction of sp³-hybridized carbons (Fsp3) is 0.174. The van der Waals surface area contributed by atoms with Crippen molar-refractivity contribution < 1.29 is 22.0 Å². The lowest BCUT2D eigenvalue weighted by Crippen LogP contribution is -2.33. The Kier molecular flexibility index (Phi) is 7.14.